The largest absolute Gasteiger partial charge is 0.326 e. The maximum Gasteiger partial charge on any atom is 0.243 e. The molecular weight excluding hydrogens is 390 g/mol. The predicted molar refractivity (Wildman–Crippen MR) is 109 cm³/mol. The van der Waals surface area contributed by atoms with Gasteiger partial charge in [0, 0.05) is 31.3 Å². The molecule has 3 aromatic rings. The molecule has 1 amide bonds. The number of carbonyl (C=O) groups is 1. The summed E-state index contributed by atoms with van der Waals surface area (Å²) in [7, 11) is -3.61. The minimum absolute atomic E-state index is 0.0475. The highest BCUT2D eigenvalue weighted by Gasteiger charge is 2.39. The molecule has 1 N–H and O–H groups in total. The molecule has 1 fully saturated rings. The molecule has 0 unspecified atom stereocenters. The van der Waals surface area contributed by atoms with Crippen LogP contribution in [-0.4, -0.2) is 46.7 Å². The summed E-state index contributed by atoms with van der Waals surface area (Å²) in [6.45, 7) is 3.81. The van der Waals surface area contributed by atoms with E-state index in [1.807, 2.05) is 36.5 Å². The van der Waals surface area contributed by atoms with E-state index >= 15 is 0 Å². The van der Waals surface area contributed by atoms with E-state index in [1.54, 1.807) is 23.7 Å². The van der Waals surface area contributed by atoms with Crippen molar-refractivity contribution in [2.75, 3.05) is 18.4 Å². The van der Waals surface area contributed by atoms with Crippen molar-refractivity contribution in [3.05, 3.63) is 60.3 Å². The van der Waals surface area contributed by atoms with Crippen LogP contribution in [0, 0.1) is 6.92 Å². The standard InChI is InChI=1S/C20H21N5O3S/c1-14-10-17(21-15(2)26)8-9-20(14)29(27,28)24-11-18(12-24)25-13-19(22-23-25)16-6-4-3-5-7-16/h3-10,13,18H,11-12H2,1-2H3,(H,21,26). The normalized spacial score (nSPS) is 15.1. The Hall–Kier alpha value is -3.04. The molecule has 1 saturated heterocycles. The first kappa shape index (κ1) is 19.3. The summed E-state index contributed by atoms with van der Waals surface area (Å²) in [4.78, 5) is 11.4. The number of carbonyl (C=O) groups excluding carboxylic acids is 1. The molecule has 0 spiro atoms. The molecule has 29 heavy (non-hydrogen) atoms. The minimum atomic E-state index is -3.61. The summed E-state index contributed by atoms with van der Waals surface area (Å²) in [5.41, 5.74) is 2.90. The first-order valence-corrected chi connectivity index (χ1v) is 10.6. The van der Waals surface area contributed by atoms with Crippen LogP contribution in [0.2, 0.25) is 0 Å². The van der Waals surface area contributed by atoms with E-state index in [4.69, 9.17) is 0 Å². The third kappa shape index (κ3) is 3.79. The first-order chi connectivity index (χ1) is 13.8. The summed E-state index contributed by atoms with van der Waals surface area (Å²) >= 11 is 0. The molecule has 0 aliphatic carbocycles. The number of amides is 1. The smallest absolute Gasteiger partial charge is 0.243 e. The maximum atomic E-state index is 13.0. The molecule has 9 heteroatoms. The zero-order chi connectivity index (χ0) is 20.6. The minimum Gasteiger partial charge on any atom is -0.326 e. The van der Waals surface area contributed by atoms with Crippen LogP contribution in [0.3, 0.4) is 0 Å². The average molecular weight is 411 g/mol. The van der Waals surface area contributed by atoms with Crippen LogP contribution in [0.25, 0.3) is 11.3 Å². The molecule has 1 aromatic heterocycles. The number of anilines is 1. The molecule has 0 saturated carbocycles. The summed E-state index contributed by atoms with van der Waals surface area (Å²) in [5.74, 6) is -0.201. The van der Waals surface area contributed by atoms with Gasteiger partial charge >= 0.3 is 0 Å². The van der Waals surface area contributed by atoms with Gasteiger partial charge in [0.1, 0.15) is 5.69 Å². The van der Waals surface area contributed by atoms with Crippen LogP contribution in [0.4, 0.5) is 5.69 Å². The number of aromatic nitrogens is 3. The van der Waals surface area contributed by atoms with Gasteiger partial charge in [-0.2, -0.15) is 4.31 Å². The Labute approximate surface area is 169 Å². The Morgan fingerprint density at radius 3 is 2.52 bits per heavy atom. The van der Waals surface area contributed by atoms with Gasteiger partial charge in [-0.15, -0.1) is 5.10 Å². The quantitative estimate of drug-likeness (QED) is 0.696. The predicted octanol–water partition coefficient (Wildman–Crippen LogP) is 2.46. The van der Waals surface area contributed by atoms with Gasteiger partial charge in [-0.1, -0.05) is 35.5 Å². The fourth-order valence-electron chi connectivity index (χ4n) is 3.34. The van der Waals surface area contributed by atoms with Crippen molar-refractivity contribution in [2.24, 2.45) is 0 Å². The average Bonchev–Trinajstić information content (AvgIpc) is 3.10. The summed E-state index contributed by atoms with van der Waals surface area (Å²) in [6.07, 6.45) is 1.84. The van der Waals surface area contributed by atoms with Gasteiger partial charge in [-0.3, -0.25) is 4.79 Å². The van der Waals surface area contributed by atoms with Crippen molar-refractivity contribution in [1.29, 1.82) is 0 Å². The van der Waals surface area contributed by atoms with Crippen molar-refractivity contribution < 1.29 is 13.2 Å². The fourth-order valence-corrected chi connectivity index (χ4v) is 5.06. The van der Waals surface area contributed by atoms with Crippen LogP contribution in [0.1, 0.15) is 18.5 Å². The lowest BCUT2D eigenvalue weighted by Crippen LogP contribution is -2.50. The van der Waals surface area contributed by atoms with Gasteiger partial charge in [0.05, 0.1) is 17.1 Å². The van der Waals surface area contributed by atoms with Crippen molar-refractivity contribution in [3.8, 4) is 11.3 Å². The SMILES string of the molecule is CC(=O)Nc1ccc(S(=O)(=O)N2CC(n3cc(-c4ccccc4)nn3)C2)c(C)c1. The number of nitrogens with one attached hydrogen (secondary N) is 1. The van der Waals surface area contributed by atoms with E-state index < -0.39 is 10.0 Å². The van der Waals surface area contributed by atoms with Gasteiger partial charge in [-0.25, -0.2) is 13.1 Å². The van der Waals surface area contributed by atoms with Crippen molar-refractivity contribution in [2.45, 2.75) is 24.8 Å². The van der Waals surface area contributed by atoms with Crippen LogP contribution in [0.15, 0.2) is 59.6 Å². The van der Waals surface area contributed by atoms with Gasteiger partial charge in [-0.05, 0) is 30.7 Å². The molecule has 2 heterocycles. The number of nitrogens with zero attached hydrogens (tertiary/aromatic N) is 4. The van der Waals surface area contributed by atoms with Crippen LogP contribution < -0.4 is 5.32 Å². The highest BCUT2D eigenvalue weighted by atomic mass is 32.2. The Balaban J connectivity index is 1.47. The molecule has 0 atom stereocenters. The molecule has 0 bridgehead atoms. The lowest BCUT2D eigenvalue weighted by molar-refractivity contribution is -0.114. The second-order valence-corrected chi connectivity index (χ2v) is 8.99. The van der Waals surface area contributed by atoms with Gasteiger partial charge in [0.25, 0.3) is 0 Å². The summed E-state index contributed by atoms with van der Waals surface area (Å²) in [6, 6.07) is 14.5. The third-order valence-electron chi connectivity index (χ3n) is 4.90. The number of benzene rings is 2. The molecule has 0 radical (unpaired) electrons. The van der Waals surface area contributed by atoms with E-state index in [9.17, 15) is 13.2 Å². The van der Waals surface area contributed by atoms with Gasteiger partial charge in [0.2, 0.25) is 15.9 Å². The second-order valence-electron chi connectivity index (χ2n) is 7.09. The maximum absolute atomic E-state index is 13.0. The Morgan fingerprint density at radius 2 is 1.86 bits per heavy atom. The number of rotatable bonds is 5. The Bertz CT molecular complexity index is 1150. The van der Waals surface area contributed by atoms with Crippen molar-refractivity contribution in [1.82, 2.24) is 19.3 Å². The van der Waals surface area contributed by atoms with Crippen molar-refractivity contribution in [3.63, 3.8) is 0 Å². The van der Waals surface area contributed by atoms with Gasteiger partial charge < -0.3 is 5.32 Å². The van der Waals surface area contributed by atoms with E-state index in [2.05, 4.69) is 15.6 Å². The molecule has 8 nitrogen and oxygen atoms in total. The van der Waals surface area contributed by atoms with E-state index in [0.29, 0.717) is 24.3 Å². The Kier molecular flexibility index (Phi) is 4.93. The zero-order valence-corrected chi connectivity index (χ0v) is 16.9. The topological polar surface area (TPSA) is 97.2 Å². The van der Waals surface area contributed by atoms with Crippen LogP contribution >= 0.6 is 0 Å². The second kappa shape index (κ2) is 7.41. The lowest BCUT2D eigenvalue weighted by atomic mass is 10.1. The molecule has 150 valence electrons. The number of aryl methyl sites for hydroxylation is 1. The highest BCUT2D eigenvalue weighted by Crippen LogP contribution is 2.31. The van der Waals surface area contributed by atoms with E-state index in [0.717, 1.165) is 11.3 Å². The number of sulfonamides is 1. The monoisotopic (exact) mass is 411 g/mol. The molecule has 2 aromatic carbocycles. The molecule has 1 aliphatic rings. The number of hydrogen-bond donors (Lipinski definition) is 1. The zero-order valence-electron chi connectivity index (χ0n) is 16.1. The van der Waals surface area contributed by atoms with Crippen molar-refractivity contribution >= 4 is 21.6 Å². The third-order valence-corrected chi connectivity index (χ3v) is 6.89. The summed E-state index contributed by atoms with van der Waals surface area (Å²) in [5, 5.41) is 11.0. The van der Waals surface area contributed by atoms with Gasteiger partial charge in [0.15, 0.2) is 0 Å². The Morgan fingerprint density at radius 1 is 1.14 bits per heavy atom. The van der Waals surface area contributed by atoms with Crippen LogP contribution in [-0.2, 0) is 14.8 Å². The molecule has 4 rings (SSSR count). The highest BCUT2D eigenvalue weighted by molar-refractivity contribution is 7.89. The number of hydrogen-bond acceptors (Lipinski definition) is 5. The van der Waals surface area contributed by atoms with Crippen LogP contribution in [0.5, 0.6) is 0 Å². The lowest BCUT2D eigenvalue weighted by Gasteiger charge is -2.37. The van der Waals surface area contributed by atoms with E-state index in [1.165, 1.54) is 17.3 Å². The first-order valence-electron chi connectivity index (χ1n) is 9.20. The summed E-state index contributed by atoms with van der Waals surface area (Å²) < 4.78 is 29.1. The fraction of sp³-hybridized carbons (Fsp3) is 0.250. The molecule has 1 aliphatic heterocycles. The van der Waals surface area contributed by atoms with E-state index in [-0.39, 0.29) is 16.8 Å². The molecular formula is C20H21N5O3S.